The van der Waals surface area contributed by atoms with Gasteiger partial charge in [-0.2, -0.15) is 5.10 Å². The molecule has 0 aromatic carbocycles. The Morgan fingerprint density at radius 2 is 2.19 bits per heavy atom. The van der Waals surface area contributed by atoms with E-state index in [1.54, 1.807) is 23.9 Å². The Labute approximate surface area is 127 Å². The number of H-pyrrole nitrogens is 1. The summed E-state index contributed by atoms with van der Waals surface area (Å²) in [5.41, 5.74) is 1.86. The van der Waals surface area contributed by atoms with Crippen molar-refractivity contribution in [3.63, 3.8) is 0 Å². The minimum Gasteiger partial charge on any atom is -0.351 e. The number of anilines is 1. The molecular weight excluding hydrogens is 284 g/mol. The number of thiazole rings is 1. The van der Waals surface area contributed by atoms with Crippen LogP contribution in [0.5, 0.6) is 0 Å². The normalized spacial score (nSPS) is 12.8. The second-order valence-electron chi connectivity index (χ2n) is 5.03. The van der Waals surface area contributed by atoms with E-state index in [2.05, 4.69) is 50.8 Å². The number of fused-ring (bicyclic) bond motifs is 1. The van der Waals surface area contributed by atoms with E-state index in [1.165, 1.54) is 9.88 Å². The highest BCUT2D eigenvalue weighted by molar-refractivity contribution is 7.11. The summed E-state index contributed by atoms with van der Waals surface area (Å²) >= 11 is 1.78. The first kappa shape index (κ1) is 13.9. The van der Waals surface area contributed by atoms with Gasteiger partial charge in [-0.15, -0.1) is 11.3 Å². The average molecular weight is 302 g/mol. The summed E-state index contributed by atoms with van der Waals surface area (Å²) in [7, 11) is 2.05. The fraction of sp³-hybridized carbons (Fsp3) is 0.429. The molecule has 0 saturated carbocycles. The van der Waals surface area contributed by atoms with Crippen LogP contribution in [0, 0.1) is 6.92 Å². The first-order valence-corrected chi connectivity index (χ1v) is 7.76. The predicted molar refractivity (Wildman–Crippen MR) is 84.7 cm³/mol. The van der Waals surface area contributed by atoms with Crippen molar-refractivity contribution < 1.29 is 0 Å². The molecule has 1 atom stereocenters. The zero-order valence-electron chi connectivity index (χ0n) is 12.6. The maximum Gasteiger partial charge on any atom is 0.160 e. The lowest BCUT2D eigenvalue weighted by Crippen LogP contribution is -2.22. The number of aromatic nitrogens is 5. The van der Waals surface area contributed by atoms with E-state index >= 15 is 0 Å². The van der Waals surface area contributed by atoms with Crippen LogP contribution < -0.4 is 4.90 Å². The van der Waals surface area contributed by atoms with Crippen molar-refractivity contribution in [2.24, 2.45) is 0 Å². The molecule has 110 valence electrons. The molecule has 0 saturated heterocycles. The van der Waals surface area contributed by atoms with E-state index in [0.717, 1.165) is 29.0 Å². The van der Waals surface area contributed by atoms with Crippen LogP contribution in [-0.2, 0) is 6.42 Å². The third-order valence-electron chi connectivity index (χ3n) is 3.70. The molecule has 3 aromatic rings. The molecule has 0 spiro atoms. The van der Waals surface area contributed by atoms with Gasteiger partial charge >= 0.3 is 0 Å². The van der Waals surface area contributed by atoms with Crippen LogP contribution in [0.25, 0.3) is 11.0 Å². The third kappa shape index (κ3) is 2.37. The number of nitrogens with zero attached hydrogens (tertiary/aromatic N) is 5. The van der Waals surface area contributed by atoms with Crippen LogP contribution in [-0.4, -0.2) is 32.2 Å². The molecular formula is C14H18N6S. The molecule has 0 aliphatic heterocycles. The van der Waals surface area contributed by atoms with E-state index in [4.69, 9.17) is 0 Å². The van der Waals surface area contributed by atoms with Crippen molar-refractivity contribution in [2.45, 2.75) is 33.2 Å². The number of hydrogen-bond acceptors (Lipinski definition) is 6. The van der Waals surface area contributed by atoms with Gasteiger partial charge in [0, 0.05) is 11.9 Å². The molecule has 3 heterocycles. The van der Waals surface area contributed by atoms with Crippen molar-refractivity contribution >= 4 is 28.2 Å². The lowest BCUT2D eigenvalue weighted by atomic mass is 10.2. The van der Waals surface area contributed by atoms with Crippen molar-refractivity contribution in [3.05, 3.63) is 28.1 Å². The summed E-state index contributed by atoms with van der Waals surface area (Å²) in [4.78, 5) is 16.7. The first-order valence-electron chi connectivity index (χ1n) is 6.95. The lowest BCUT2D eigenvalue weighted by Gasteiger charge is -2.25. The molecule has 0 aliphatic rings. The van der Waals surface area contributed by atoms with Crippen LogP contribution in [0.3, 0.4) is 0 Å². The highest BCUT2D eigenvalue weighted by atomic mass is 32.1. The van der Waals surface area contributed by atoms with Gasteiger partial charge in [0.15, 0.2) is 5.65 Å². The van der Waals surface area contributed by atoms with Crippen LogP contribution >= 0.6 is 11.3 Å². The highest BCUT2D eigenvalue weighted by Crippen LogP contribution is 2.33. The summed E-state index contributed by atoms with van der Waals surface area (Å²) in [5, 5.41) is 9.04. The van der Waals surface area contributed by atoms with E-state index in [9.17, 15) is 0 Å². The number of aromatic amines is 1. The van der Waals surface area contributed by atoms with Crippen molar-refractivity contribution in [3.8, 4) is 0 Å². The zero-order chi connectivity index (χ0) is 15.0. The lowest BCUT2D eigenvalue weighted by molar-refractivity contribution is 0.737. The Balaban J connectivity index is 1.99. The van der Waals surface area contributed by atoms with Crippen LogP contribution in [0.2, 0.25) is 0 Å². The van der Waals surface area contributed by atoms with Gasteiger partial charge in [-0.25, -0.2) is 15.0 Å². The van der Waals surface area contributed by atoms with Gasteiger partial charge in [0.1, 0.15) is 12.1 Å². The second kappa shape index (κ2) is 5.40. The zero-order valence-corrected chi connectivity index (χ0v) is 13.4. The van der Waals surface area contributed by atoms with Gasteiger partial charge < -0.3 is 4.90 Å². The smallest absolute Gasteiger partial charge is 0.160 e. The van der Waals surface area contributed by atoms with Gasteiger partial charge in [-0.1, -0.05) is 6.92 Å². The van der Waals surface area contributed by atoms with E-state index in [-0.39, 0.29) is 6.04 Å². The Hall–Kier alpha value is -2.02. The summed E-state index contributed by atoms with van der Waals surface area (Å²) in [6, 6.07) is 0.204. The molecule has 3 aromatic heterocycles. The Morgan fingerprint density at radius 3 is 2.90 bits per heavy atom. The second-order valence-corrected chi connectivity index (χ2v) is 6.14. The van der Waals surface area contributed by atoms with Crippen LogP contribution in [0.15, 0.2) is 12.5 Å². The Kier molecular flexibility index (Phi) is 3.59. The maximum absolute atomic E-state index is 4.62. The molecule has 0 aliphatic carbocycles. The van der Waals surface area contributed by atoms with E-state index in [0.29, 0.717) is 0 Å². The molecule has 1 unspecified atom stereocenters. The SMILES string of the molecule is CCc1nc(C)c(C(C)N(C)c2ncnc3[nH]ncc23)s1. The Bertz CT molecular complexity index is 762. The predicted octanol–water partition coefficient (Wildman–Crippen LogP) is 2.88. The summed E-state index contributed by atoms with van der Waals surface area (Å²) in [5.74, 6) is 0.882. The van der Waals surface area contributed by atoms with Gasteiger partial charge in [0.05, 0.1) is 28.3 Å². The van der Waals surface area contributed by atoms with Crippen molar-refractivity contribution in [1.29, 1.82) is 0 Å². The molecule has 3 rings (SSSR count). The van der Waals surface area contributed by atoms with Crippen molar-refractivity contribution in [1.82, 2.24) is 25.1 Å². The standard InChI is InChI=1S/C14H18N6S/c1-5-11-18-8(2)12(21-11)9(3)20(4)14-10-6-17-19-13(10)15-7-16-14/h6-7,9H,5H2,1-4H3,(H,15,16,17,19). The van der Waals surface area contributed by atoms with Crippen LogP contribution in [0.1, 0.15) is 35.5 Å². The molecule has 7 heteroatoms. The van der Waals surface area contributed by atoms with Crippen LogP contribution in [0.4, 0.5) is 5.82 Å². The monoisotopic (exact) mass is 302 g/mol. The summed E-state index contributed by atoms with van der Waals surface area (Å²) in [6.07, 6.45) is 4.31. The van der Waals surface area contributed by atoms with Gasteiger partial charge in [-0.05, 0) is 20.3 Å². The molecule has 1 N–H and O–H groups in total. The number of hydrogen-bond donors (Lipinski definition) is 1. The topological polar surface area (TPSA) is 70.6 Å². The minimum absolute atomic E-state index is 0.204. The fourth-order valence-electron chi connectivity index (χ4n) is 2.40. The summed E-state index contributed by atoms with van der Waals surface area (Å²) < 4.78 is 0. The number of nitrogens with one attached hydrogen (secondary N) is 1. The molecule has 6 nitrogen and oxygen atoms in total. The largest absolute Gasteiger partial charge is 0.351 e. The van der Waals surface area contributed by atoms with E-state index < -0.39 is 0 Å². The third-order valence-corrected chi connectivity index (χ3v) is 5.17. The molecule has 21 heavy (non-hydrogen) atoms. The summed E-state index contributed by atoms with van der Waals surface area (Å²) in [6.45, 7) is 6.38. The first-order chi connectivity index (χ1) is 10.1. The number of aryl methyl sites for hydroxylation is 2. The molecule has 0 amide bonds. The van der Waals surface area contributed by atoms with Crippen molar-refractivity contribution in [2.75, 3.05) is 11.9 Å². The van der Waals surface area contributed by atoms with Gasteiger partial charge in [-0.3, -0.25) is 5.10 Å². The highest BCUT2D eigenvalue weighted by Gasteiger charge is 2.21. The quantitative estimate of drug-likeness (QED) is 0.802. The Morgan fingerprint density at radius 1 is 1.38 bits per heavy atom. The minimum atomic E-state index is 0.204. The number of rotatable bonds is 4. The molecule has 0 radical (unpaired) electrons. The molecule has 0 fully saturated rings. The van der Waals surface area contributed by atoms with Gasteiger partial charge in [0.2, 0.25) is 0 Å². The average Bonchev–Trinajstić information content (AvgIpc) is 3.11. The molecule has 0 bridgehead atoms. The van der Waals surface area contributed by atoms with E-state index in [1.807, 2.05) is 7.05 Å². The maximum atomic E-state index is 4.62. The fourth-order valence-corrected chi connectivity index (χ4v) is 3.50. The van der Waals surface area contributed by atoms with Gasteiger partial charge in [0.25, 0.3) is 0 Å².